The van der Waals surface area contributed by atoms with Crippen molar-refractivity contribution in [1.82, 2.24) is 4.98 Å². The summed E-state index contributed by atoms with van der Waals surface area (Å²) in [5.41, 5.74) is 0.576. The molecule has 0 saturated heterocycles. The van der Waals surface area contributed by atoms with Gasteiger partial charge in [-0.1, -0.05) is 0 Å². The molecule has 94 valence electrons. The predicted molar refractivity (Wildman–Crippen MR) is 74.0 cm³/mol. The van der Waals surface area contributed by atoms with Gasteiger partial charge in [0, 0.05) is 16.6 Å². The Kier molecular flexibility index (Phi) is 2.97. The van der Waals surface area contributed by atoms with Crippen molar-refractivity contribution in [3.8, 4) is 0 Å². The monoisotopic (exact) mass is 272 g/mol. The molecule has 0 atom stereocenters. The number of thiophene rings is 1. The molecular weight excluding hydrogens is 263 g/mol. The van der Waals surface area contributed by atoms with Gasteiger partial charge in [0.15, 0.2) is 0 Å². The lowest BCUT2D eigenvalue weighted by Gasteiger charge is -2.05. The molecule has 19 heavy (non-hydrogen) atoms. The van der Waals surface area contributed by atoms with Crippen LogP contribution in [0.2, 0.25) is 0 Å². The van der Waals surface area contributed by atoms with E-state index in [0.29, 0.717) is 5.69 Å². The Bertz CT molecular complexity index is 754. The second-order valence-corrected chi connectivity index (χ2v) is 4.92. The average molecular weight is 272 g/mol. The number of halogens is 1. The number of pyridine rings is 1. The van der Waals surface area contributed by atoms with Crippen LogP contribution >= 0.6 is 11.3 Å². The van der Waals surface area contributed by atoms with Crippen LogP contribution in [0.5, 0.6) is 0 Å². The summed E-state index contributed by atoms with van der Waals surface area (Å²) in [5, 5.41) is 5.70. The van der Waals surface area contributed by atoms with Crippen LogP contribution in [-0.2, 0) is 0 Å². The zero-order valence-electron chi connectivity index (χ0n) is 9.76. The Hall–Kier alpha value is -2.27. The highest BCUT2D eigenvalue weighted by atomic mass is 32.1. The van der Waals surface area contributed by atoms with Crippen LogP contribution in [0.3, 0.4) is 0 Å². The molecule has 1 amide bonds. The summed E-state index contributed by atoms with van der Waals surface area (Å²) < 4.78 is 14.5. The summed E-state index contributed by atoms with van der Waals surface area (Å²) >= 11 is 1.63. The molecular formula is C14H9FN2OS. The number of fused-ring (bicyclic) bond motifs is 1. The lowest BCUT2D eigenvalue weighted by Crippen LogP contribution is -2.14. The summed E-state index contributed by atoms with van der Waals surface area (Å²) in [5.74, 6) is -1.27. The first-order chi connectivity index (χ1) is 9.24. The molecule has 0 spiro atoms. The van der Waals surface area contributed by atoms with E-state index in [0.717, 1.165) is 10.1 Å². The summed E-state index contributed by atoms with van der Waals surface area (Å²) in [6, 6.07) is 10.5. The van der Waals surface area contributed by atoms with E-state index in [4.69, 9.17) is 0 Å². The molecule has 3 rings (SSSR count). The third kappa shape index (κ3) is 2.32. The van der Waals surface area contributed by atoms with Crippen molar-refractivity contribution < 1.29 is 9.18 Å². The molecule has 3 nitrogen and oxygen atoms in total. The number of nitrogens with zero attached hydrogens (tertiary/aromatic N) is 1. The number of carbonyl (C=O) groups is 1. The molecule has 1 aromatic carbocycles. The molecule has 2 heterocycles. The summed E-state index contributed by atoms with van der Waals surface area (Å²) in [4.78, 5) is 15.4. The highest BCUT2D eigenvalue weighted by Crippen LogP contribution is 2.24. The Morgan fingerprint density at radius 2 is 2.16 bits per heavy atom. The van der Waals surface area contributed by atoms with Gasteiger partial charge in [-0.2, -0.15) is 4.39 Å². The predicted octanol–water partition coefficient (Wildman–Crippen LogP) is 3.69. The Balaban J connectivity index is 1.88. The maximum atomic E-state index is 13.4. The molecule has 0 bridgehead atoms. The Morgan fingerprint density at radius 3 is 3.00 bits per heavy atom. The maximum absolute atomic E-state index is 13.4. The van der Waals surface area contributed by atoms with Gasteiger partial charge in [0.1, 0.15) is 0 Å². The Morgan fingerprint density at radius 1 is 1.26 bits per heavy atom. The van der Waals surface area contributed by atoms with Gasteiger partial charge in [0.05, 0.1) is 5.56 Å². The van der Waals surface area contributed by atoms with Gasteiger partial charge in [0.25, 0.3) is 5.91 Å². The molecule has 0 radical (unpaired) electrons. The van der Waals surface area contributed by atoms with Crippen LogP contribution in [0.15, 0.2) is 48.0 Å². The number of nitrogens with one attached hydrogen (secondary N) is 1. The van der Waals surface area contributed by atoms with Crippen molar-refractivity contribution in [3.05, 3.63) is 59.5 Å². The topological polar surface area (TPSA) is 42.0 Å². The number of hydrogen-bond donors (Lipinski definition) is 1. The van der Waals surface area contributed by atoms with Gasteiger partial charge in [-0.15, -0.1) is 11.3 Å². The molecule has 2 aromatic heterocycles. The molecule has 0 aliphatic carbocycles. The lowest BCUT2D eigenvalue weighted by molar-refractivity contribution is 0.102. The van der Waals surface area contributed by atoms with Gasteiger partial charge in [-0.3, -0.25) is 4.79 Å². The molecule has 1 N–H and O–H groups in total. The fraction of sp³-hybridized carbons (Fsp3) is 0. The minimum Gasteiger partial charge on any atom is -0.322 e. The minimum atomic E-state index is -0.767. The van der Waals surface area contributed by atoms with E-state index in [1.54, 1.807) is 17.4 Å². The van der Waals surface area contributed by atoms with Crippen LogP contribution in [-0.4, -0.2) is 10.9 Å². The number of aromatic nitrogens is 1. The lowest BCUT2D eigenvalue weighted by atomic mass is 10.2. The van der Waals surface area contributed by atoms with Crippen molar-refractivity contribution >= 4 is 33.0 Å². The summed E-state index contributed by atoms with van der Waals surface area (Å²) in [7, 11) is 0. The van der Waals surface area contributed by atoms with Crippen LogP contribution in [0.1, 0.15) is 10.4 Å². The zero-order chi connectivity index (χ0) is 13.2. The normalized spacial score (nSPS) is 10.6. The second-order valence-electron chi connectivity index (χ2n) is 3.97. The first-order valence-electron chi connectivity index (χ1n) is 5.63. The van der Waals surface area contributed by atoms with Crippen LogP contribution in [0.4, 0.5) is 10.1 Å². The quantitative estimate of drug-likeness (QED) is 0.723. The van der Waals surface area contributed by atoms with Crippen molar-refractivity contribution in [2.75, 3.05) is 5.32 Å². The summed E-state index contributed by atoms with van der Waals surface area (Å²) in [6.07, 6.45) is 1.31. The van der Waals surface area contributed by atoms with Crippen molar-refractivity contribution in [2.45, 2.75) is 0 Å². The SMILES string of the molecule is O=C(Nc1ccc2sccc2c1)c1cccnc1F. The molecule has 0 fully saturated rings. The number of carbonyl (C=O) groups excluding carboxylic acids is 1. The van der Waals surface area contributed by atoms with E-state index in [1.807, 2.05) is 23.6 Å². The van der Waals surface area contributed by atoms with E-state index in [2.05, 4.69) is 10.3 Å². The number of hydrogen-bond acceptors (Lipinski definition) is 3. The van der Waals surface area contributed by atoms with E-state index >= 15 is 0 Å². The molecule has 0 unspecified atom stereocenters. The largest absolute Gasteiger partial charge is 0.322 e. The average Bonchev–Trinajstić information content (AvgIpc) is 2.86. The first-order valence-corrected chi connectivity index (χ1v) is 6.51. The van der Waals surface area contributed by atoms with Gasteiger partial charge < -0.3 is 5.32 Å². The molecule has 3 aromatic rings. The van der Waals surface area contributed by atoms with Crippen molar-refractivity contribution in [3.63, 3.8) is 0 Å². The van der Waals surface area contributed by atoms with E-state index < -0.39 is 11.9 Å². The van der Waals surface area contributed by atoms with Gasteiger partial charge >= 0.3 is 0 Å². The van der Waals surface area contributed by atoms with Gasteiger partial charge in [0.2, 0.25) is 5.95 Å². The van der Waals surface area contributed by atoms with E-state index in [9.17, 15) is 9.18 Å². The fourth-order valence-corrected chi connectivity index (χ4v) is 2.57. The van der Waals surface area contributed by atoms with Crippen molar-refractivity contribution in [1.29, 1.82) is 0 Å². The number of anilines is 1. The van der Waals surface area contributed by atoms with Crippen LogP contribution in [0, 0.1) is 5.95 Å². The second kappa shape index (κ2) is 4.78. The first kappa shape index (κ1) is 11.8. The van der Waals surface area contributed by atoms with Crippen LogP contribution < -0.4 is 5.32 Å². The molecule has 0 aliphatic rings. The molecule has 0 saturated carbocycles. The highest BCUT2D eigenvalue weighted by molar-refractivity contribution is 7.17. The standard InChI is InChI=1S/C14H9FN2OS/c15-13-11(2-1-6-16-13)14(18)17-10-3-4-12-9(8-10)5-7-19-12/h1-8H,(H,17,18). The van der Waals surface area contributed by atoms with Crippen LogP contribution in [0.25, 0.3) is 10.1 Å². The minimum absolute atomic E-state index is 0.0621. The number of benzene rings is 1. The van der Waals surface area contributed by atoms with Gasteiger partial charge in [-0.05, 0) is 47.2 Å². The third-order valence-electron chi connectivity index (χ3n) is 2.71. The summed E-state index contributed by atoms with van der Waals surface area (Å²) in [6.45, 7) is 0. The smallest absolute Gasteiger partial charge is 0.260 e. The zero-order valence-corrected chi connectivity index (χ0v) is 10.6. The Labute approximate surface area is 112 Å². The molecule has 5 heteroatoms. The highest BCUT2D eigenvalue weighted by Gasteiger charge is 2.12. The maximum Gasteiger partial charge on any atom is 0.260 e. The van der Waals surface area contributed by atoms with E-state index in [1.165, 1.54) is 18.3 Å². The van der Waals surface area contributed by atoms with E-state index in [-0.39, 0.29) is 5.56 Å². The third-order valence-corrected chi connectivity index (χ3v) is 3.61. The van der Waals surface area contributed by atoms with Crippen molar-refractivity contribution in [2.24, 2.45) is 0 Å². The fourth-order valence-electron chi connectivity index (χ4n) is 1.80. The number of amides is 1. The number of rotatable bonds is 2. The molecule has 0 aliphatic heterocycles. The van der Waals surface area contributed by atoms with Gasteiger partial charge in [-0.25, -0.2) is 4.98 Å².